The minimum absolute atomic E-state index is 0.164. The largest absolute Gasteiger partial charge is 0.478 e. The number of rotatable bonds is 12. The summed E-state index contributed by atoms with van der Waals surface area (Å²) in [4.78, 5) is 27.3. The van der Waals surface area contributed by atoms with Gasteiger partial charge in [-0.15, -0.1) is 0 Å². The molecule has 0 N–H and O–H groups in total. The number of unbranched alkanes of at least 4 members (excludes halogenated alkanes) is 6. The Labute approximate surface area is 186 Å². The van der Waals surface area contributed by atoms with Gasteiger partial charge in [-0.05, 0) is 31.0 Å². The molecule has 3 aromatic rings. The first-order valence-electron chi connectivity index (χ1n) is 11.0. The van der Waals surface area contributed by atoms with E-state index in [2.05, 4.69) is 4.98 Å². The zero-order chi connectivity index (χ0) is 22.8. The highest BCUT2D eigenvalue weighted by molar-refractivity contribution is 5.79. The third kappa shape index (κ3) is 6.90. The van der Waals surface area contributed by atoms with Gasteiger partial charge in [-0.2, -0.15) is 4.98 Å². The van der Waals surface area contributed by atoms with Gasteiger partial charge in [0.15, 0.2) is 0 Å². The summed E-state index contributed by atoms with van der Waals surface area (Å²) < 4.78 is 29.9. The Hall–Kier alpha value is -3.22. The molecular weight excluding hydrogens is 413 g/mol. The number of pyridine rings is 1. The molecule has 6 nitrogen and oxygen atoms in total. The molecule has 0 bridgehead atoms. The zero-order valence-electron chi connectivity index (χ0n) is 18.3. The monoisotopic (exact) mass is 441 g/mol. The number of esters is 1. The van der Waals surface area contributed by atoms with Crippen molar-refractivity contribution in [2.24, 2.45) is 0 Å². The highest BCUT2D eigenvalue weighted by atomic mass is 19.1. The fourth-order valence-electron chi connectivity index (χ4n) is 3.41. The molecule has 0 amide bonds. The maximum atomic E-state index is 14.0. The fraction of sp³-hybridized carbons (Fsp3) is 0.400. The van der Waals surface area contributed by atoms with Gasteiger partial charge < -0.3 is 13.9 Å². The van der Waals surface area contributed by atoms with Gasteiger partial charge in [0.05, 0.1) is 18.8 Å². The van der Waals surface area contributed by atoms with Gasteiger partial charge in [0.2, 0.25) is 11.6 Å². The smallest absolute Gasteiger partial charge is 0.345 e. The molecule has 2 heterocycles. The highest BCUT2D eigenvalue weighted by Gasteiger charge is 2.12. The lowest BCUT2D eigenvalue weighted by Gasteiger charge is -2.07. The topological polar surface area (TPSA) is 78.6 Å². The number of fused-ring (bicyclic) bond motifs is 1. The molecule has 0 unspecified atom stereocenters. The molecule has 1 aromatic carbocycles. The Kier molecular flexibility index (Phi) is 8.78. The number of benzene rings is 1. The van der Waals surface area contributed by atoms with Crippen LogP contribution in [0.15, 0.2) is 51.7 Å². The van der Waals surface area contributed by atoms with Crippen molar-refractivity contribution in [3.8, 4) is 17.0 Å². The molecule has 0 spiro atoms. The Morgan fingerprint density at radius 3 is 2.34 bits per heavy atom. The second kappa shape index (κ2) is 12.0. The number of halogens is 1. The number of nitrogens with zero attached hydrogens (tertiary/aromatic N) is 1. The van der Waals surface area contributed by atoms with E-state index in [4.69, 9.17) is 13.9 Å². The number of aromatic nitrogens is 1. The van der Waals surface area contributed by atoms with Crippen molar-refractivity contribution < 1.29 is 23.1 Å². The van der Waals surface area contributed by atoms with Crippen LogP contribution in [0.1, 0.15) is 51.9 Å². The van der Waals surface area contributed by atoms with E-state index >= 15 is 0 Å². The van der Waals surface area contributed by atoms with E-state index in [1.807, 2.05) is 0 Å². The van der Waals surface area contributed by atoms with Gasteiger partial charge in [0.1, 0.15) is 5.82 Å². The third-order valence-corrected chi connectivity index (χ3v) is 5.08. The summed E-state index contributed by atoms with van der Waals surface area (Å²) in [5.74, 6) is -0.306. The standard InChI is InChI=1S/C25H28FNO5/c1-18(28)30-15-9-5-3-2-4-6-10-16-31-23-14-13-19-17-21(25(29)32-24(19)27-23)20-11-7-8-12-22(20)26/h7-8,11-14,17H,2-6,9-10,15-16H2,1H3. The Morgan fingerprint density at radius 1 is 0.938 bits per heavy atom. The van der Waals surface area contributed by atoms with E-state index in [9.17, 15) is 14.0 Å². The molecule has 32 heavy (non-hydrogen) atoms. The van der Waals surface area contributed by atoms with Crippen molar-refractivity contribution in [1.82, 2.24) is 4.98 Å². The summed E-state index contributed by atoms with van der Waals surface area (Å²) in [5, 5.41) is 0.601. The van der Waals surface area contributed by atoms with E-state index in [0.29, 0.717) is 24.5 Å². The Bertz CT molecular complexity index is 1100. The van der Waals surface area contributed by atoms with E-state index in [1.54, 1.807) is 36.4 Å². The molecule has 0 atom stereocenters. The normalized spacial score (nSPS) is 10.9. The maximum Gasteiger partial charge on any atom is 0.345 e. The zero-order valence-corrected chi connectivity index (χ0v) is 18.3. The SMILES string of the molecule is CC(=O)OCCCCCCCCCOc1ccc2cc(-c3ccccc3F)c(=O)oc2n1. The van der Waals surface area contributed by atoms with Crippen molar-refractivity contribution in [3.63, 3.8) is 0 Å². The number of ether oxygens (including phenoxy) is 2. The predicted molar refractivity (Wildman–Crippen MR) is 120 cm³/mol. The van der Waals surface area contributed by atoms with Crippen LogP contribution in [0.2, 0.25) is 0 Å². The van der Waals surface area contributed by atoms with Gasteiger partial charge in [-0.25, -0.2) is 9.18 Å². The van der Waals surface area contributed by atoms with Crippen molar-refractivity contribution in [2.75, 3.05) is 13.2 Å². The van der Waals surface area contributed by atoms with Gasteiger partial charge in [0.25, 0.3) is 0 Å². The summed E-state index contributed by atoms with van der Waals surface area (Å²) in [6, 6.07) is 11.1. The van der Waals surface area contributed by atoms with E-state index in [0.717, 1.165) is 44.9 Å². The van der Waals surface area contributed by atoms with Crippen LogP contribution in [0, 0.1) is 5.82 Å². The number of carbonyl (C=O) groups excluding carboxylic acids is 1. The molecule has 0 aliphatic heterocycles. The average Bonchev–Trinajstić information content (AvgIpc) is 2.77. The Balaban J connectivity index is 1.43. The van der Waals surface area contributed by atoms with Crippen LogP contribution in [-0.4, -0.2) is 24.2 Å². The molecule has 7 heteroatoms. The number of carbonyl (C=O) groups is 1. The van der Waals surface area contributed by atoms with Crippen molar-refractivity contribution in [2.45, 2.75) is 51.9 Å². The summed E-state index contributed by atoms with van der Waals surface area (Å²) in [7, 11) is 0. The first-order valence-corrected chi connectivity index (χ1v) is 11.0. The molecule has 0 saturated carbocycles. The van der Waals surface area contributed by atoms with E-state index in [-0.39, 0.29) is 22.8 Å². The van der Waals surface area contributed by atoms with Crippen LogP contribution < -0.4 is 10.4 Å². The van der Waals surface area contributed by atoms with Gasteiger partial charge in [-0.3, -0.25) is 4.79 Å². The molecule has 0 saturated heterocycles. The molecule has 0 aliphatic rings. The predicted octanol–water partition coefficient (Wildman–Crippen LogP) is 5.67. The molecule has 2 aromatic heterocycles. The first kappa shape index (κ1) is 23.4. The lowest BCUT2D eigenvalue weighted by atomic mass is 10.1. The lowest BCUT2D eigenvalue weighted by molar-refractivity contribution is -0.141. The van der Waals surface area contributed by atoms with Crippen LogP contribution >= 0.6 is 0 Å². The van der Waals surface area contributed by atoms with Gasteiger partial charge in [-0.1, -0.05) is 50.3 Å². The Morgan fingerprint density at radius 2 is 1.62 bits per heavy atom. The van der Waals surface area contributed by atoms with Crippen LogP contribution in [0.25, 0.3) is 22.2 Å². The molecule has 0 fully saturated rings. The maximum absolute atomic E-state index is 14.0. The molecule has 3 rings (SSSR count). The van der Waals surface area contributed by atoms with E-state index in [1.165, 1.54) is 13.0 Å². The van der Waals surface area contributed by atoms with Crippen LogP contribution in [0.3, 0.4) is 0 Å². The van der Waals surface area contributed by atoms with Crippen LogP contribution in [0.4, 0.5) is 4.39 Å². The van der Waals surface area contributed by atoms with E-state index < -0.39 is 11.4 Å². The first-order chi connectivity index (χ1) is 15.5. The lowest BCUT2D eigenvalue weighted by Crippen LogP contribution is -2.05. The third-order valence-electron chi connectivity index (χ3n) is 5.08. The second-order valence-electron chi connectivity index (χ2n) is 7.63. The number of hydrogen-bond donors (Lipinski definition) is 0. The highest BCUT2D eigenvalue weighted by Crippen LogP contribution is 2.24. The average molecular weight is 441 g/mol. The summed E-state index contributed by atoms with van der Waals surface area (Å²) in [5.41, 5.74) is -0.105. The molecule has 0 aliphatic carbocycles. The van der Waals surface area contributed by atoms with Crippen molar-refractivity contribution in [1.29, 1.82) is 0 Å². The molecular formula is C25H28FNO5. The van der Waals surface area contributed by atoms with Crippen LogP contribution in [-0.2, 0) is 9.53 Å². The quantitative estimate of drug-likeness (QED) is 0.266. The second-order valence-corrected chi connectivity index (χ2v) is 7.63. The molecule has 170 valence electrons. The minimum Gasteiger partial charge on any atom is -0.478 e. The fourth-order valence-corrected chi connectivity index (χ4v) is 3.41. The van der Waals surface area contributed by atoms with Crippen LogP contribution in [0.5, 0.6) is 5.88 Å². The summed E-state index contributed by atoms with van der Waals surface area (Å²) in [6.45, 7) is 2.46. The summed E-state index contributed by atoms with van der Waals surface area (Å²) in [6.07, 6.45) is 7.33. The van der Waals surface area contributed by atoms with Crippen molar-refractivity contribution >= 4 is 17.1 Å². The molecule has 0 radical (unpaired) electrons. The minimum atomic E-state index is -0.639. The summed E-state index contributed by atoms with van der Waals surface area (Å²) >= 11 is 0. The van der Waals surface area contributed by atoms with Crippen molar-refractivity contribution in [3.05, 3.63) is 58.7 Å². The van der Waals surface area contributed by atoms with Gasteiger partial charge in [0, 0.05) is 23.9 Å². The van der Waals surface area contributed by atoms with Gasteiger partial charge >= 0.3 is 11.6 Å². The number of hydrogen-bond acceptors (Lipinski definition) is 6.